The molecule has 1 aliphatic carbocycles. The number of rotatable bonds is 5. The normalized spacial score (nSPS) is 33.1. The molecular formula is C17H29NO. The van der Waals surface area contributed by atoms with Crippen molar-refractivity contribution in [3.8, 4) is 0 Å². The summed E-state index contributed by atoms with van der Waals surface area (Å²) in [7, 11) is 0. The summed E-state index contributed by atoms with van der Waals surface area (Å²) in [4.78, 5) is 2.45. The Bertz CT molecular complexity index is 347. The van der Waals surface area contributed by atoms with E-state index in [9.17, 15) is 5.11 Å². The number of aliphatic hydroxyl groups excluding tert-OH is 1. The molecule has 1 N–H and O–H groups in total. The molecule has 1 aliphatic heterocycles. The number of hydrogen-bond donors (Lipinski definition) is 1. The van der Waals surface area contributed by atoms with Crippen LogP contribution in [0.1, 0.15) is 40.0 Å². The quantitative estimate of drug-likeness (QED) is 0.770. The lowest BCUT2D eigenvalue weighted by Crippen LogP contribution is -2.43. The third kappa shape index (κ3) is 3.29. The zero-order valence-electron chi connectivity index (χ0n) is 12.7. The number of aliphatic hydroxyl groups is 1. The summed E-state index contributed by atoms with van der Waals surface area (Å²) >= 11 is 0. The fraction of sp³-hybridized carbons (Fsp3) is 0.765. The number of hydrogen-bond acceptors (Lipinski definition) is 2. The SMILES string of the molecule is C=CCN1C[C@H]2CCC(C)=C[C@H]2[C@@H]1[C@@H](O)CC(C)C. The molecule has 1 heterocycles. The Kier molecular flexibility index (Phi) is 4.86. The zero-order chi connectivity index (χ0) is 14.0. The number of fused-ring (bicyclic) bond motifs is 1. The van der Waals surface area contributed by atoms with Crippen LogP contribution in [0.25, 0.3) is 0 Å². The van der Waals surface area contributed by atoms with Crippen molar-refractivity contribution in [2.45, 2.75) is 52.2 Å². The summed E-state index contributed by atoms with van der Waals surface area (Å²) in [5, 5.41) is 10.6. The minimum Gasteiger partial charge on any atom is -0.391 e. The molecule has 19 heavy (non-hydrogen) atoms. The molecule has 1 saturated heterocycles. The van der Waals surface area contributed by atoms with E-state index >= 15 is 0 Å². The van der Waals surface area contributed by atoms with Gasteiger partial charge in [-0.15, -0.1) is 6.58 Å². The van der Waals surface area contributed by atoms with Crippen LogP contribution in [0.4, 0.5) is 0 Å². The van der Waals surface area contributed by atoms with E-state index in [-0.39, 0.29) is 6.10 Å². The van der Waals surface area contributed by atoms with Crippen LogP contribution in [0.15, 0.2) is 24.3 Å². The van der Waals surface area contributed by atoms with Crippen LogP contribution >= 0.6 is 0 Å². The van der Waals surface area contributed by atoms with Gasteiger partial charge in [0.2, 0.25) is 0 Å². The largest absolute Gasteiger partial charge is 0.391 e. The summed E-state index contributed by atoms with van der Waals surface area (Å²) in [5.74, 6) is 1.83. The third-order valence-electron chi connectivity index (χ3n) is 4.69. The van der Waals surface area contributed by atoms with Gasteiger partial charge >= 0.3 is 0 Å². The van der Waals surface area contributed by atoms with Gasteiger partial charge < -0.3 is 5.11 Å². The summed E-state index contributed by atoms with van der Waals surface area (Å²) < 4.78 is 0. The first kappa shape index (κ1) is 14.8. The summed E-state index contributed by atoms with van der Waals surface area (Å²) in [6.45, 7) is 12.5. The maximum Gasteiger partial charge on any atom is 0.0703 e. The maximum absolute atomic E-state index is 10.6. The van der Waals surface area contributed by atoms with Gasteiger partial charge in [0.1, 0.15) is 0 Å². The number of likely N-dealkylation sites (tertiary alicyclic amines) is 1. The standard InChI is InChI=1S/C17H29NO/c1-5-8-18-11-14-7-6-13(4)10-15(14)17(18)16(19)9-12(2)3/h5,10,12,14-17,19H,1,6-9,11H2,2-4H3/t14-,15-,16+,17-/m1/s1. The van der Waals surface area contributed by atoms with E-state index in [1.807, 2.05) is 6.08 Å². The predicted octanol–water partition coefficient (Wildman–Crippen LogP) is 3.24. The van der Waals surface area contributed by atoms with Gasteiger partial charge in [-0.1, -0.05) is 31.6 Å². The summed E-state index contributed by atoms with van der Waals surface area (Å²) in [6.07, 6.45) is 7.61. The van der Waals surface area contributed by atoms with E-state index in [2.05, 4.69) is 38.3 Å². The van der Waals surface area contributed by atoms with Crippen molar-refractivity contribution in [3.05, 3.63) is 24.3 Å². The van der Waals surface area contributed by atoms with Gasteiger partial charge in [0.05, 0.1) is 6.10 Å². The fourth-order valence-electron chi connectivity index (χ4n) is 3.89. The molecular weight excluding hydrogens is 234 g/mol. The van der Waals surface area contributed by atoms with Crippen molar-refractivity contribution >= 4 is 0 Å². The average Bonchev–Trinajstić information content (AvgIpc) is 2.65. The Balaban J connectivity index is 2.17. The van der Waals surface area contributed by atoms with Crippen molar-refractivity contribution in [1.29, 1.82) is 0 Å². The molecule has 0 aromatic heterocycles. The Morgan fingerprint density at radius 1 is 1.53 bits per heavy atom. The van der Waals surface area contributed by atoms with E-state index in [4.69, 9.17) is 0 Å². The van der Waals surface area contributed by atoms with Gasteiger partial charge in [0, 0.05) is 19.1 Å². The summed E-state index contributed by atoms with van der Waals surface area (Å²) in [5.41, 5.74) is 1.50. The van der Waals surface area contributed by atoms with E-state index in [1.165, 1.54) is 18.4 Å². The highest BCUT2D eigenvalue weighted by Crippen LogP contribution is 2.41. The van der Waals surface area contributed by atoms with Gasteiger partial charge in [-0.2, -0.15) is 0 Å². The molecule has 108 valence electrons. The second-order valence-corrected chi connectivity index (χ2v) is 6.82. The molecule has 0 aromatic carbocycles. The maximum atomic E-state index is 10.6. The third-order valence-corrected chi connectivity index (χ3v) is 4.69. The molecule has 0 aromatic rings. The predicted molar refractivity (Wildman–Crippen MR) is 81.0 cm³/mol. The second-order valence-electron chi connectivity index (χ2n) is 6.82. The first-order chi connectivity index (χ1) is 9.02. The van der Waals surface area contributed by atoms with E-state index in [1.54, 1.807) is 0 Å². The van der Waals surface area contributed by atoms with Crippen LogP contribution in [-0.4, -0.2) is 35.2 Å². The molecule has 1 fully saturated rings. The van der Waals surface area contributed by atoms with Gasteiger partial charge in [-0.05, 0) is 43.9 Å². The van der Waals surface area contributed by atoms with Crippen LogP contribution in [0.3, 0.4) is 0 Å². The van der Waals surface area contributed by atoms with Crippen LogP contribution in [0.2, 0.25) is 0 Å². The van der Waals surface area contributed by atoms with E-state index < -0.39 is 0 Å². The van der Waals surface area contributed by atoms with Crippen molar-refractivity contribution < 1.29 is 5.11 Å². The molecule has 0 amide bonds. The van der Waals surface area contributed by atoms with Crippen molar-refractivity contribution in [2.75, 3.05) is 13.1 Å². The Hall–Kier alpha value is -0.600. The molecule has 0 bridgehead atoms. The monoisotopic (exact) mass is 263 g/mol. The second kappa shape index (κ2) is 6.23. The minimum atomic E-state index is -0.211. The van der Waals surface area contributed by atoms with Crippen molar-refractivity contribution in [3.63, 3.8) is 0 Å². The smallest absolute Gasteiger partial charge is 0.0703 e. The van der Waals surface area contributed by atoms with Gasteiger partial charge in [0.25, 0.3) is 0 Å². The molecule has 2 nitrogen and oxygen atoms in total. The van der Waals surface area contributed by atoms with Gasteiger partial charge in [-0.25, -0.2) is 0 Å². The van der Waals surface area contributed by atoms with Gasteiger partial charge in [0.15, 0.2) is 0 Å². The van der Waals surface area contributed by atoms with E-state index in [0.717, 1.165) is 25.4 Å². The molecule has 4 atom stereocenters. The molecule has 0 radical (unpaired) electrons. The first-order valence-electron chi connectivity index (χ1n) is 7.73. The van der Waals surface area contributed by atoms with Crippen LogP contribution in [0.5, 0.6) is 0 Å². The van der Waals surface area contributed by atoms with Crippen LogP contribution in [-0.2, 0) is 0 Å². The molecule has 0 saturated carbocycles. The topological polar surface area (TPSA) is 23.5 Å². The van der Waals surface area contributed by atoms with E-state index in [0.29, 0.717) is 17.9 Å². The Morgan fingerprint density at radius 2 is 2.26 bits per heavy atom. The average molecular weight is 263 g/mol. The van der Waals surface area contributed by atoms with Crippen LogP contribution < -0.4 is 0 Å². The highest BCUT2D eigenvalue weighted by Gasteiger charge is 2.44. The molecule has 2 rings (SSSR count). The molecule has 2 aliphatic rings. The minimum absolute atomic E-state index is 0.211. The number of nitrogens with zero attached hydrogens (tertiary/aromatic N) is 1. The van der Waals surface area contributed by atoms with Crippen LogP contribution in [0, 0.1) is 17.8 Å². The summed E-state index contributed by atoms with van der Waals surface area (Å²) in [6, 6.07) is 0.292. The van der Waals surface area contributed by atoms with Crippen molar-refractivity contribution in [2.24, 2.45) is 17.8 Å². The number of allylic oxidation sites excluding steroid dienone is 1. The molecule has 0 unspecified atom stereocenters. The lowest BCUT2D eigenvalue weighted by molar-refractivity contribution is 0.0500. The lowest BCUT2D eigenvalue weighted by Gasteiger charge is -2.33. The Labute approximate surface area is 118 Å². The van der Waals surface area contributed by atoms with Crippen molar-refractivity contribution in [1.82, 2.24) is 4.90 Å². The highest BCUT2D eigenvalue weighted by atomic mass is 16.3. The Morgan fingerprint density at radius 3 is 2.89 bits per heavy atom. The highest BCUT2D eigenvalue weighted by molar-refractivity contribution is 5.15. The van der Waals surface area contributed by atoms with Gasteiger partial charge in [-0.3, -0.25) is 4.90 Å². The molecule has 0 spiro atoms. The fourth-order valence-corrected chi connectivity index (χ4v) is 3.89. The molecule has 2 heteroatoms. The lowest BCUT2D eigenvalue weighted by atomic mass is 9.78. The first-order valence-corrected chi connectivity index (χ1v) is 7.73. The zero-order valence-corrected chi connectivity index (χ0v) is 12.7.